The van der Waals surface area contributed by atoms with E-state index in [-0.39, 0.29) is 5.71 Å². The second-order valence-corrected chi connectivity index (χ2v) is 5.05. The van der Waals surface area contributed by atoms with E-state index in [0.717, 1.165) is 11.0 Å². The molecule has 1 aromatic heterocycles. The number of fused-ring (bicyclic) bond motifs is 1. The summed E-state index contributed by atoms with van der Waals surface area (Å²) < 4.78 is 1.84. The predicted molar refractivity (Wildman–Crippen MR) is 87.9 cm³/mol. The molecule has 0 bridgehead atoms. The molecule has 1 N–H and O–H groups in total. The number of halogens is 1. The summed E-state index contributed by atoms with van der Waals surface area (Å²) in [4.78, 5) is 4.45. The Balaban J connectivity index is 2.00. The number of imidazole rings is 1. The number of para-hydroxylation sites is 3. The molecule has 2 aromatic carbocycles. The number of hydrogen-bond acceptors (Lipinski definition) is 4. The summed E-state index contributed by atoms with van der Waals surface area (Å²) in [6, 6.07) is 17.0. The minimum atomic E-state index is 0.193. The van der Waals surface area contributed by atoms with Crippen molar-refractivity contribution >= 4 is 34.0 Å². The Morgan fingerprint density at radius 1 is 1.23 bits per heavy atom. The molecule has 0 atom stereocenters. The summed E-state index contributed by atoms with van der Waals surface area (Å²) >= 11 is 6.06. The second-order valence-electron chi connectivity index (χ2n) is 4.65. The van der Waals surface area contributed by atoms with Crippen LogP contribution in [0.1, 0.15) is 5.82 Å². The molecule has 0 unspecified atom stereocenters. The maximum absolute atomic E-state index is 9.37. The number of anilines is 1. The van der Waals surface area contributed by atoms with Crippen LogP contribution in [0.4, 0.5) is 5.69 Å². The summed E-state index contributed by atoms with van der Waals surface area (Å²) in [6.45, 7) is 0. The van der Waals surface area contributed by atoms with Crippen molar-refractivity contribution in [2.75, 3.05) is 5.43 Å². The van der Waals surface area contributed by atoms with Crippen molar-refractivity contribution in [2.24, 2.45) is 12.1 Å². The van der Waals surface area contributed by atoms with E-state index < -0.39 is 0 Å². The fourth-order valence-electron chi connectivity index (χ4n) is 2.15. The standard InChI is InChI=1S/C16H12ClN5/c1-22-15-9-5-4-8-13(15)19-16(22)14(10-18)21-20-12-7-3-2-6-11(12)17/h2-9,20H,1H3/b21-14-. The molecule has 0 aliphatic rings. The Kier molecular flexibility index (Phi) is 3.77. The number of hydrazone groups is 1. The molecule has 1 heterocycles. The van der Waals surface area contributed by atoms with Gasteiger partial charge in [-0.05, 0) is 24.3 Å². The van der Waals surface area contributed by atoms with Gasteiger partial charge in [0, 0.05) is 7.05 Å². The van der Waals surface area contributed by atoms with Crippen molar-refractivity contribution in [3.8, 4) is 6.07 Å². The van der Waals surface area contributed by atoms with Gasteiger partial charge in [0.1, 0.15) is 6.07 Å². The number of nitrogens with one attached hydrogen (secondary N) is 1. The lowest BCUT2D eigenvalue weighted by Crippen LogP contribution is -2.09. The molecule has 3 aromatic rings. The topological polar surface area (TPSA) is 66.0 Å². The van der Waals surface area contributed by atoms with Gasteiger partial charge in [-0.1, -0.05) is 35.9 Å². The Bertz CT molecular complexity index is 904. The van der Waals surface area contributed by atoms with Gasteiger partial charge in [0.25, 0.3) is 0 Å². The fourth-order valence-corrected chi connectivity index (χ4v) is 2.33. The van der Waals surface area contributed by atoms with Crippen LogP contribution in [0.2, 0.25) is 5.02 Å². The largest absolute Gasteiger partial charge is 0.325 e. The summed E-state index contributed by atoms with van der Waals surface area (Å²) in [5, 5.41) is 14.0. The SMILES string of the molecule is Cn1c(/C(C#N)=N\Nc2ccccc2Cl)nc2ccccc21. The molecule has 0 fully saturated rings. The smallest absolute Gasteiger partial charge is 0.203 e. The average Bonchev–Trinajstić information content (AvgIpc) is 2.87. The molecule has 22 heavy (non-hydrogen) atoms. The van der Waals surface area contributed by atoms with Crippen LogP contribution in [-0.4, -0.2) is 15.3 Å². The first-order valence-corrected chi connectivity index (χ1v) is 6.98. The van der Waals surface area contributed by atoms with E-state index in [1.165, 1.54) is 0 Å². The lowest BCUT2D eigenvalue weighted by Gasteiger charge is -2.04. The lowest BCUT2D eigenvalue weighted by molar-refractivity contribution is 0.929. The predicted octanol–water partition coefficient (Wildman–Crippen LogP) is 3.57. The van der Waals surface area contributed by atoms with Crippen LogP contribution in [-0.2, 0) is 7.05 Å². The summed E-state index contributed by atoms with van der Waals surface area (Å²) in [5.74, 6) is 0.503. The van der Waals surface area contributed by atoms with Crippen molar-refractivity contribution in [1.82, 2.24) is 9.55 Å². The van der Waals surface area contributed by atoms with Gasteiger partial charge < -0.3 is 4.57 Å². The van der Waals surface area contributed by atoms with E-state index >= 15 is 0 Å². The highest BCUT2D eigenvalue weighted by molar-refractivity contribution is 6.33. The van der Waals surface area contributed by atoms with E-state index in [9.17, 15) is 5.26 Å². The molecule has 0 aliphatic carbocycles. The summed E-state index contributed by atoms with van der Waals surface area (Å²) in [5.41, 5.74) is 5.41. The highest BCUT2D eigenvalue weighted by atomic mass is 35.5. The van der Waals surface area contributed by atoms with E-state index in [2.05, 4.69) is 21.6 Å². The molecule has 0 saturated carbocycles. The van der Waals surface area contributed by atoms with Gasteiger partial charge in [0.05, 0.1) is 21.7 Å². The van der Waals surface area contributed by atoms with Crippen molar-refractivity contribution in [1.29, 1.82) is 5.26 Å². The third-order valence-electron chi connectivity index (χ3n) is 3.27. The van der Waals surface area contributed by atoms with E-state index in [1.54, 1.807) is 12.1 Å². The first kappa shape index (κ1) is 14.1. The van der Waals surface area contributed by atoms with E-state index in [0.29, 0.717) is 16.5 Å². The molecular formula is C16H12ClN5. The quantitative estimate of drug-likeness (QED) is 0.594. The lowest BCUT2D eigenvalue weighted by atomic mass is 10.3. The Morgan fingerprint density at radius 3 is 2.68 bits per heavy atom. The first-order valence-electron chi connectivity index (χ1n) is 6.61. The van der Waals surface area contributed by atoms with E-state index in [1.807, 2.05) is 48.0 Å². The molecule has 6 heteroatoms. The molecule has 0 spiro atoms. The molecule has 5 nitrogen and oxygen atoms in total. The molecule has 0 aliphatic heterocycles. The zero-order valence-corrected chi connectivity index (χ0v) is 12.5. The number of nitriles is 1. The Morgan fingerprint density at radius 2 is 1.95 bits per heavy atom. The number of hydrogen-bond donors (Lipinski definition) is 1. The number of benzene rings is 2. The van der Waals surface area contributed by atoms with Crippen LogP contribution < -0.4 is 5.43 Å². The fraction of sp³-hybridized carbons (Fsp3) is 0.0625. The number of nitrogens with zero attached hydrogens (tertiary/aromatic N) is 4. The van der Waals surface area contributed by atoms with Gasteiger partial charge in [-0.3, -0.25) is 5.43 Å². The summed E-state index contributed by atoms with van der Waals surface area (Å²) in [7, 11) is 1.85. The van der Waals surface area contributed by atoms with Crippen molar-refractivity contribution in [3.63, 3.8) is 0 Å². The van der Waals surface area contributed by atoms with Crippen LogP contribution in [0.5, 0.6) is 0 Å². The number of aryl methyl sites for hydroxylation is 1. The van der Waals surface area contributed by atoms with Crippen LogP contribution in [0.25, 0.3) is 11.0 Å². The highest BCUT2D eigenvalue weighted by Crippen LogP contribution is 2.21. The van der Waals surface area contributed by atoms with Crippen LogP contribution in [0.15, 0.2) is 53.6 Å². The zero-order chi connectivity index (χ0) is 15.5. The van der Waals surface area contributed by atoms with Gasteiger partial charge in [-0.15, -0.1) is 0 Å². The molecule has 0 saturated heterocycles. The second kappa shape index (κ2) is 5.88. The average molecular weight is 310 g/mol. The maximum atomic E-state index is 9.37. The first-order chi connectivity index (χ1) is 10.7. The third-order valence-corrected chi connectivity index (χ3v) is 3.60. The van der Waals surface area contributed by atoms with Gasteiger partial charge >= 0.3 is 0 Å². The Hall–Kier alpha value is -2.84. The van der Waals surface area contributed by atoms with Gasteiger partial charge in [-0.2, -0.15) is 10.4 Å². The van der Waals surface area contributed by atoms with Gasteiger partial charge in [-0.25, -0.2) is 4.98 Å². The number of aromatic nitrogens is 2. The molecule has 108 valence electrons. The van der Waals surface area contributed by atoms with Crippen LogP contribution in [0, 0.1) is 11.3 Å². The normalized spacial score (nSPS) is 11.4. The molecule has 0 amide bonds. The molecular weight excluding hydrogens is 298 g/mol. The van der Waals surface area contributed by atoms with Gasteiger partial charge in [0.2, 0.25) is 5.71 Å². The van der Waals surface area contributed by atoms with Crippen molar-refractivity contribution in [2.45, 2.75) is 0 Å². The monoisotopic (exact) mass is 309 g/mol. The van der Waals surface area contributed by atoms with Crippen LogP contribution >= 0.6 is 11.6 Å². The zero-order valence-electron chi connectivity index (χ0n) is 11.8. The molecule has 0 radical (unpaired) electrons. The minimum Gasteiger partial charge on any atom is -0.325 e. The van der Waals surface area contributed by atoms with Crippen molar-refractivity contribution in [3.05, 3.63) is 59.4 Å². The molecule has 3 rings (SSSR count). The minimum absolute atomic E-state index is 0.193. The third kappa shape index (κ3) is 2.52. The maximum Gasteiger partial charge on any atom is 0.203 e. The van der Waals surface area contributed by atoms with Crippen LogP contribution in [0.3, 0.4) is 0 Å². The number of rotatable bonds is 3. The summed E-state index contributed by atoms with van der Waals surface area (Å²) in [6.07, 6.45) is 0. The van der Waals surface area contributed by atoms with Crippen molar-refractivity contribution < 1.29 is 0 Å². The van der Waals surface area contributed by atoms with Gasteiger partial charge in [0.15, 0.2) is 5.82 Å². The Labute approximate surface area is 132 Å². The van der Waals surface area contributed by atoms with E-state index in [4.69, 9.17) is 11.6 Å². The highest BCUT2D eigenvalue weighted by Gasteiger charge is 2.13.